The van der Waals surface area contributed by atoms with Crippen LogP contribution in [-0.4, -0.2) is 85.3 Å². The number of nitrogens with zero attached hydrogens (tertiary/aromatic N) is 2. The molecule has 2 aliphatic rings. The number of anilines is 1. The summed E-state index contributed by atoms with van der Waals surface area (Å²) in [6, 6.07) is 6.57. The summed E-state index contributed by atoms with van der Waals surface area (Å²) in [4.78, 5) is 28.9. The van der Waals surface area contributed by atoms with Gasteiger partial charge in [-0.25, -0.2) is 4.79 Å². The Hall–Kier alpha value is -2.16. The summed E-state index contributed by atoms with van der Waals surface area (Å²) in [5.74, 6) is -0.0188. The van der Waals surface area contributed by atoms with Crippen LogP contribution in [0.25, 0.3) is 0 Å². The van der Waals surface area contributed by atoms with Gasteiger partial charge in [-0.2, -0.15) is 0 Å². The van der Waals surface area contributed by atoms with E-state index in [2.05, 4.69) is 20.9 Å². The van der Waals surface area contributed by atoms with Crippen molar-refractivity contribution in [3.05, 3.63) is 29.8 Å². The molecule has 1 aromatic carbocycles. The number of benzene rings is 1. The highest BCUT2D eigenvalue weighted by molar-refractivity contribution is 5.97. The van der Waals surface area contributed by atoms with Crippen LogP contribution in [0.15, 0.2) is 24.3 Å². The number of rotatable bonds is 4. The van der Waals surface area contributed by atoms with Crippen molar-refractivity contribution >= 4 is 17.6 Å². The molecule has 1 aromatic rings. The van der Waals surface area contributed by atoms with E-state index in [0.717, 1.165) is 26.1 Å². The van der Waals surface area contributed by atoms with Crippen molar-refractivity contribution in [1.29, 1.82) is 0 Å². The van der Waals surface area contributed by atoms with Gasteiger partial charge >= 0.3 is 6.03 Å². The van der Waals surface area contributed by atoms with Gasteiger partial charge in [0.25, 0.3) is 5.91 Å². The molecule has 0 aliphatic carbocycles. The molecule has 0 spiro atoms. The molecule has 8 nitrogen and oxygen atoms in total. The molecule has 148 valence electrons. The zero-order valence-electron chi connectivity index (χ0n) is 15.8. The van der Waals surface area contributed by atoms with Crippen LogP contribution in [0, 0.1) is 0 Å². The van der Waals surface area contributed by atoms with Gasteiger partial charge in [-0.05, 0) is 44.6 Å². The van der Waals surface area contributed by atoms with Gasteiger partial charge < -0.3 is 30.9 Å². The number of hydrogen-bond donors (Lipinski definition) is 4. The molecule has 3 rings (SSSR count). The maximum absolute atomic E-state index is 12.7. The topological polar surface area (TPSA) is 96.9 Å². The number of carbonyl (C=O) groups excluding carboxylic acids is 2. The Morgan fingerprint density at radius 1 is 1.26 bits per heavy atom. The van der Waals surface area contributed by atoms with Crippen molar-refractivity contribution in [3.8, 4) is 0 Å². The first-order valence-electron chi connectivity index (χ1n) is 9.51. The third-order valence-corrected chi connectivity index (χ3v) is 5.19. The number of likely N-dealkylation sites (N-methyl/N-ethyl adjacent to an activating group) is 1. The van der Waals surface area contributed by atoms with Gasteiger partial charge in [-0.15, -0.1) is 0 Å². The summed E-state index contributed by atoms with van der Waals surface area (Å²) in [5, 5.41) is 19.0. The summed E-state index contributed by atoms with van der Waals surface area (Å²) in [6.07, 6.45) is 1.55. The lowest BCUT2D eigenvalue weighted by atomic mass is 9.94. The summed E-state index contributed by atoms with van der Waals surface area (Å²) in [5.41, 5.74) is 0.211. The number of β-amino-alcohol motifs (C(OH)–C–C–N with tert-alkyl or cyclic N) is 1. The van der Waals surface area contributed by atoms with E-state index >= 15 is 0 Å². The first-order valence-corrected chi connectivity index (χ1v) is 9.51. The normalized spacial score (nSPS) is 23.7. The largest absolute Gasteiger partial charge is 0.387 e. The second-order valence-electron chi connectivity index (χ2n) is 7.49. The van der Waals surface area contributed by atoms with E-state index in [1.54, 1.807) is 24.3 Å². The van der Waals surface area contributed by atoms with Crippen molar-refractivity contribution in [3.63, 3.8) is 0 Å². The number of nitrogens with one attached hydrogen (secondary N) is 3. The van der Waals surface area contributed by atoms with Gasteiger partial charge in [0.1, 0.15) is 0 Å². The minimum absolute atomic E-state index is 0.0188. The number of hydrogen-bond acceptors (Lipinski definition) is 5. The maximum Gasteiger partial charge on any atom is 0.319 e. The maximum atomic E-state index is 12.7. The van der Waals surface area contributed by atoms with Crippen LogP contribution in [0.3, 0.4) is 0 Å². The van der Waals surface area contributed by atoms with E-state index in [-0.39, 0.29) is 12.5 Å². The van der Waals surface area contributed by atoms with E-state index in [0.29, 0.717) is 37.3 Å². The predicted molar refractivity (Wildman–Crippen MR) is 104 cm³/mol. The molecule has 2 fully saturated rings. The van der Waals surface area contributed by atoms with Crippen LogP contribution in [0.4, 0.5) is 10.5 Å². The minimum Gasteiger partial charge on any atom is -0.387 e. The van der Waals surface area contributed by atoms with Gasteiger partial charge in [0.05, 0.1) is 5.60 Å². The first kappa shape index (κ1) is 19.6. The SMILES string of the molecule is CN1CCN(C(=O)c2cccc(NC(=O)NC[C@@]3(O)CCCNC3)c2)CC1. The molecule has 0 unspecified atom stereocenters. The zero-order chi connectivity index (χ0) is 19.3. The lowest BCUT2D eigenvalue weighted by Crippen LogP contribution is -2.53. The average molecular weight is 375 g/mol. The highest BCUT2D eigenvalue weighted by atomic mass is 16.3. The number of amides is 3. The van der Waals surface area contributed by atoms with Crippen LogP contribution in [0.2, 0.25) is 0 Å². The van der Waals surface area contributed by atoms with Crippen LogP contribution in [0.5, 0.6) is 0 Å². The summed E-state index contributed by atoms with van der Waals surface area (Å²) < 4.78 is 0. The number of aliphatic hydroxyl groups is 1. The highest BCUT2D eigenvalue weighted by Gasteiger charge is 2.29. The molecule has 0 aromatic heterocycles. The molecule has 0 radical (unpaired) electrons. The van der Waals surface area contributed by atoms with E-state index in [9.17, 15) is 14.7 Å². The second-order valence-corrected chi connectivity index (χ2v) is 7.49. The second kappa shape index (κ2) is 8.69. The van der Waals surface area contributed by atoms with Gasteiger partial charge in [0.15, 0.2) is 0 Å². The lowest BCUT2D eigenvalue weighted by Gasteiger charge is -2.32. The van der Waals surface area contributed by atoms with Crippen LogP contribution in [-0.2, 0) is 0 Å². The van der Waals surface area contributed by atoms with E-state index in [1.165, 1.54) is 0 Å². The molecular formula is C19H29N5O3. The first-order chi connectivity index (χ1) is 13.0. The molecule has 8 heteroatoms. The molecular weight excluding hydrogens is 346 g/mol. The lowest BCUT2D eigenvalue weighted by molar-refractivity contribution is 0.0198. The van der Waals surface area contributed by atoms with Crippen molar-refractivity contribution in [2.45, 2.75) is 18.4 Å². The number of carbonyl (C=O) groups is 2. The van der Waals surface area contributed by atoms with Gasteiger partial charge in [-0.3, -0.25) is 4.79 Å². The van der Waals surface area contributed by atoms with Crippen molar-refractivity contribution in [2.24, 2.45) is 0 Å². The van der Waals surface area contributed by atoms with Crippen molar-refractivity contribution < 1.29 is 14.7 Å². The fourth-order valence-electron chi connectivity index (χ4n) is 3.44. The smallest absolute Gasteiger partial charge is 0.319 e. The summed E-state index contributed by atoms with van der Waals surface area (Å²) >= 11 is 0. The van der Waals surface area contributed by atoms with Gasteiger partial charge in [0.2, 0.25) is 0 Å². The molecule has 27 heavy (non-hydrogen) atoms. The summed E-state index contributed by atoms with van der Waals surface area (Å²) in [7, 11) is 2.05. The molecule has 2 saturated heterocycles. The zero-order valence-corrected chi connectivity index (χ0v) is 15.8. The molecule has 4 N–H and O–H groups in total. The van der Waals surface area contributed by atoms with E-state index in [4.69, 9.17) is 0 Å². The molecule has 1 atom stereocenters. The Balaban J connectivity index is 1.53. The van der Waals surface area contributed by atoms with Crippen molar-refractivity contribution in [1.82, 2.24) is 20.4 Å². The van der Waals surface area contributed by atoms with E-state index in [1.807, 2.05) is 11.9 Å². The van der Waals surface area contributed by atoms with E-state index < -0.39 is 11.6 Å². The summed E-state index contributed by atoms with van der Waals surface area (Å²) in [6.45, 7) is 4.70. The Bertz CT molecular complexity index is 667. The molecule has 2 aliphatic heterocycles. The molecule has 0 saturated carbocycles. The Labute approximate surface area is 159 Å². The standard InChI is InChI=1S/C19H29N5O3/c1-23-8-10-24(11-9-23)17(25)15-4-2-5-16(12-15)22-18(26)21-14-19(27)6-3-7-20-13-19/h2,4-5,12,20,27H,3,6-11,13-14H2,1H3,(H2,21,22,26)/t19-/m1/s1. The van der Waals surface area contributed by atoms with Gasteiger partial charge in [-0.1, -0.05) is 6.07 Å². The fraction of sp³-hybridized carbons (Fsp3) is 0.579. The minimum atomic E-state index is -0.908. The Morgan fingerprint density at radius 3 is 2.74 bits per heavy atom. The fourth-order valence-corrected chi connectivity index (χ4v) is 3.44. The third-order valence-electron chi connectivity index (χ3n) is 5.19. The van der Waals surface area contributed by atoms with Crippen LogP contribution < -0.4 is 16.0 Å². The predicted octanol–water partition coefficient (Wildman–Crippen LogP) is 0.310. The molecule has 2 heterocycles. The van der Waals surface area contributed by atoms with Crippen LogP contribution >= 0.6 is 0 Å². The average Bonchev–Trinajstić information content (AvgIpc) is 2.67. The molecule has 3 amide bonds. The van der Waals surface area contributed by atoms with Crippen LogP contribution in [0.1, 0.15) is 23.2 Å². The quantitative estimate of drug-likeness (QED) is 0.607. The Morgan fingerprint density at radius 2 is 2.04 bits per heavy atom. The monoisotopic (exact) mass is 375 g/mol. The van der Waals surface area contributed by atoms with Gasteiger partial charge in [0, 0.05) is 50.5 Å². The Kier molecular flexibility index (Phi) is 6.30. The number of urea groups is 1. The highest BCUT2D eigenvalue weighted by Crippen LogP contribution is 2.16. The third kappa shape index (κ3) is 5.41. The van der Waals surface area contributed by atoms with Crippen molar-refractivity contribution in [2.75, 3.05) is 58.2 Å². The number of piperazine rings is 1. The molecule has 0 bridgehead atoms. The number of piperidine rings is 1.